The molecular weight excluding hydrogens is 138 g/mol. The fourth-order valence-corrected chi connectivity index (χ4v) is 1.89. The number of hydrogen-bond acceptors (Lipinski definition) is 2. The first kappa shape index (κ1) is 9.01. The van der Waals surface area contributed by atoms with Gasteiger partial charge in [-0.05, 0) is 31.8 Å². The van der Waals surface area contributed by atoms with Crippen molar-refractivity contribution in [3.63, 3.8) is 0 Å². The topological polar surface area (TPSA) is 23.5 Å². The molecule has 0 radical (unpaired) electrons. The van der Waals surface area contributed by atoms with Crippen LogP contribution in [0.25, 0.3) is 0 Å². The van der Waals surface area contributed by atoms with E-state index >= 15 is 0 Å². The lowest BCUT2D eigenvalue weighted by atomic mass is 9.80. The molecule has 0 amide bonds. The van der Waals surface area contributed by atoms with Crippen LogP contribution in [-0.2, 0) is 0 Å². The Morgan fingerprint density at radius 2 is 1.82 bits per heavy atom. The maximum atomic E-state index is 8.81. The fourth-order valence-electron chi connectivity index (χ4n) is 1.89. The number of aliphatic hydroxyl groups is 1. The van der Waals surface area contributed by atoms with Gasteiger partial charge in [-0.15, -0.1) is 0 Å². The van der Waals surface area contributed by atoms with Gasteiger partial charge in [0.05, 0.1) is 0 Å². The molecule has 1 fully saturated rings. The van der Waals surface area contributed by atoms with Crippen molar-refractivity contribution in [2.24, 2.45) is 5.92 Å². The second kappa shape index (κ2) is 4.07. The predicted molar refractivity (Wildman–Crippen MR) is 46.5 cm³/mol. The SMILES string of the molecule is CCN(CC)C1CC(CO)C1. The summed E-state index contributed by atoms with van der Waals surface area (Å²) in [5.74, 6) is 0.598. The van der Waals surface area contributed by atoms with Crippen LogP contribution in [0.1, 0.15) is 26.7 Å². The second-order valence-electron chi connectivity index (χ2n) is 3.40. The highest BCUT2D eigenvalue weighted by atomic mass is 16.3. The molecule has 0 atom stereocenters. The van der Waals surface area contributed by atoms with Crippen LogP contribution in [-0.4, -0.2) is 35.7 Å². The summed E-state index contributed by atoms with van der Waals surface area (Å²) >= 11 is 0. The molecule has 0 aliphatic heterocycles. The highest BCUT2D eigenvalue weighted by molar-refractivity contribution is 4.85. The molecule has 0 heterocycles. The highest BCUT2D eigenvalue weighted by Gasteiger charge is 2.31. The standard InChI is InChI=1S/C9H19NO/c1-3-10(4-2)9-5-8(6-9)7-11/h8-9,11H,3-7H2,1-2H3. The van der Waals surface area contributed by atoms with Crippen molar-refractivity contribution in [3.05, 3.63) is 0 Å². The summed E-state index contributed by atoms with van der Waals surface area (Å²) in [6.07, 6.45) is 2.41. The lowest BCUT2D eigenvalue weighted by Crippen LogP contribution is -2.45. The van der Waals surface area contributed by atoms with Crippen LogP contribution in [0.15, 0.2) is 0 Å². The normalized spacial score (nSPS) is 30.5. The summed E-state index contributed by atoms with van der Waals surface area (Å²) in [5, 5.41) is 8.81. The molecule has 1 saturated carbocycles. The van der Waals surface area contributed by atoms with Crippen molar-refractivity contribution >= 4 is 0 Å². The molecule has 0 saturated heterocycles. The van der Waals surface area contributed by atoms with Gasteiger partial charge in [-0.3, -0.25) is 0 Å². The van der Waals surface area contributed by atoms with Crippen LogP contribution < -0.4 is 0 Å². The molecule has 0 aromatic carbocycles. The Hall–Kier alpha value is -0.0800. The predicted octanol–water partition coefficient (Wildman–Crippen LogP) is 1.10. The van der Waals surface area contributed by atoms with E-state index in [4.69, 9.17) is 5.11 Å². The maximum Gasteiger partial charge on any atom is 0.0460 e. The van der Waals surface area contributed by atoms with E-state index in [2.05, 4.69) is 18.7 Å². The van der Waals surface area contributed by atoms with Gasteiger partial charge in [-0.1, -0.05) is 13.8 Å². The minimum absolute atomic E-state index is 0.387. The van der Waals surface area contributed by atoms with Crippen molar-refractivity contribution in [1.82, 2.24) is 4.90 Å². The zero-order valence-electron chi connectivity index (χ0n) is 7.58. The van der Waals surface area contributed by atoms with Crippen molar-refractivity contribution in [1.29, 1.82) is 0 Å². The second-order valence-corrected chi connectivity index (χ2v) is 3.40. The molecule has 0 bridgehead atoms. The molecule has 0 aromatic rings. The van der Waals surface area contributed by atoms with Gasteiger partial charge in [0.1, 0.15) is 0 Å². The third-order valence-electron chi connectivity index (χ3n) is 2.80. The maximum absolute atomic E-state index is 8.81. The van der Waals surface area contributed by atoms with Crippen molar-refractivity contribution in [3.8, 4) is 0 Å². The van der Waals surface area contributed by atoms with Crippen LogP contribution in [0.3, 0.4) is 0 Å². The van der Waals surface area contributed by atoms with Gasteiger partial charge in [-0.25, -0.2) is 0 Å². The van der Waals surface area contributed by atoms with Crippen LogP contribution in [0, 0.1) is 5.92 Å². The first-order valence-electron chi connectivity index (χ1n) is 4.66. The number of hydrogen-bond donors (Lipinski definition) is 1. The molecule has 1 N–H and O–H groups in total. The van der Waals surface area contributed by atoms with Gasteiger partial charge in [-0.2, -0.15) is 0 Å². The third kappa shape index (κ3) is 1.94. The minimum Gasteiger partial charge on any atom is -0.396 e. The summed E-state index contributed by atoms with van der Waals surface area (Å²) in [6.45, 7) is 7.10. The fraction of sp³-hybridized carbons (Fsp3) is 1.00. The Balaban J connectivity index is 2.19. The van der Waals surface area contributed by atoms with Crippen molar-refractivity contribution in [2.75, 3.05) is 19.7 Å². The summed E-state index contributed by atoms with van der Waals surface area (Å²) < 4.78 is 0. The molecule has 0 aromatic heterocycles. The number of aliphatic hydroxyl groups excluding tert-OH is 1. The number of nitrogens with zero attached hydrogens (tertiary/aromatic N) is 1. The van der Waals surface area contributed by atoms with Gasteiger partial charge in [0.25, 0.3) is 0 Å². The van der Waals surface area contributed by atoms with Crippen LogP contribution >= 0.6 is 0 Å². The molecule has 1 aliphatic rings. The van der Waals surface area contributed by atoms with Crippen molar-refractivity contribution in [2.45, 2.75) is 32.7 Å². The quantitative estimate of drug-likeness (QED) is 0.660. The average Bonchev–Trinajstić information content (AvgIpc) is 1.95. The zero-order chi connectivity index (χ0) is 8.27. The van der Waals surface area contributed by atoms with Crippen LogP contribution in [0.2, 0.25) is 0 Å². The van der Waals surface area contributed by atoms with Crippen LogP contribution in [0.5, 0.6) is 0 Å². The molecule has 0 spiro atoms. The molecule has 1 rings (SSSR count). The summed E-state index contributed by atoms with van der Waals surface area (Å²) in [4.78, 5) is 2.48. The molecular formula is C9H19NO. The number of rotatable bonds is 4. The van der Waals surface area contributed by atoms with E-state index in [0.717, 1.165) is 19.1 Å². The van der Waals surface area contributed by atoms with Gasteiger partial charge in [0, 0.05) is 12.6 Å². The summed E-state index contributed by atoms with van der Waals surface area (Å²) in [5.41, 5.74) is 0. The Bertz CT molecular complexity index is 106. The van der Waals surface area contributed by atoms with E-state index in [1.807, 2.05) is 0 Å². The molecule has 2 nitrogen and oxygen atoms in total. The highest BCUT2D eigenvalue weighted by Crippen LogP contribution is 2.30. The average molecular weight is 157 g/mol. The Kier molecular flexibility index (Phi) is 3.34. The Labute approximate surface area is 69.2 Å². The van der Waals surface area contributed by atoms with E-state index in [-0.39, 0.29) is 0 Å². The van der Waals surface area contributed by atoms with Gasteiger partial charge < -0.3 is 10.0 Å². The lowest BCUT2D eigenvalue weighted by molar-refractivity contribution is 0.0515. The first-order chi connectivity index (χ1) is 5.31. The van der Waals surface area contributed by atoms with Crippen molar-refractivity contribution < 1.29 is 5.11 Å². The monoisotopic (exact) mass is 157 g/mol. The van der Waals surface area contributed by atoms with E-state index in [9.17, 15) is 0 Å². The largest absolute Gasteiger partial charge is 0.396 e. The van der Waals surface area contributed by atoms with Gasteiger partial charge >= 0.3 is 0 Å². The molecule has 66 valence electrons. The van der Waals surface area contributed by atoms with Crippen LogP contribution in [0.4, 0.5) is 0 Å². The molecule has 0 unspecified atom stereocenters. The molecule has 1 aliphatic carbocycles. The molecule has 2 heteroatoms. The Morgan fingerprint density at radius 1 is 1.27 bits per heavy atom. The summed E-state index contributed by atoms with van der Waals surface area (Å²) in [6, 6.07) is 0.766. The Morgan fingerprint density at radius 3 is 2.18 bits per heavy atom. The van der Waals surface area contributed by atoms with Gasteiger partial charge in [0.15, 0.2) is 0 Å². The molecule has 11 heavy (non-hydrogen) atoms. The summed E-state index contributed by atoms with van der Waals surface area (Å²) in [7, 11) is 0. The van der Waals surface area contributed by atoms with Gasteiger partial charge in [0.2, 0.25) is 0 Å². The smallest absolute Gasteiger partial charge is 0.0460 e. The van der Waals surface area contributed by atoms with E-state index in [1.165, 1.54) is 12.8 Å². The third-order valence-corrected chi connectivity index (χ3v) is 2.80. The van der Waals surface area contributed by atoms with E-state index in [0.29, 0.717) is 12.5 Å². The lowest BCUT2D eigenvalue weighted by Gasteiger charge is -2.41. The van der Waals surface area contributed by atoms with E-state index in [1.54, 1.807) is 0 Å². The minimum atomic E-state index is 0.387. The first-order valence-corrected chi connectivity index (χ1v) is 4.66. The van der Waals surface area contributed by atoms with E-state index < -0.39 is 0 Å². The zero-order valence-corrected chi connectivity index (χ0v) is 7.58.